The van der Waals surface area contributed by atoms with Gasteiger partial charge in [-0.3, -0.25) is 0 Å². The summed E-state index contributed by atoms with van der Waals surface area (Å²) in [7, 11) is 1.41. The SMILES string of the molecule is COc1cc(NCC(F)(F)C(F)F)ccc1Br. The molecule has 2 nitrogen and oxygen atoms in total. The summed E-state index contributed by atoms with van der Waals surface area (Å²) in [4.78, 5) is 0. The van der Waals surface area contributed by atoms with Gasteiger partial charge in [0.1, 0.15) is 5.75 Å². The number of methoxy groups -OCH3 is 1. The Morgan fingerprint density at radius 3 is 2.59 bits per heavy atom. The van der Waals surface area contributed by atoms with Crippen LogP contribution in [-0.4, -0.2) is 26.0 Å². The van der Waals surface area contributed by atoms with Crippen LogP contribution in [-0.2, 0) is 0 Å². The quantitative estimate of drug-likeness (QED) is 0.835. The van der Waals surface area contributed by atoms with Gasteiger partial charge in [0, 0.05) is 11.8 Å². The third-order valence-electron chi connectivity index (χ3n) is 2.00. The lowest BCUT2D eigenvalue weighted by atomic mass is 10.2. The Morgan fingerprint density at radius 2 is 2.06 bits per heavy atom. The molecule has 1 aromatic carbocycles. The highest BCUT2D eigenvalue weighted by Crippen LogP contribution is 2.29. The maximum Gasteiger partial charge on any atom is 0.324 e. The normalized spacial score (nSPS) is 11.7. The Hall–Kier alpha value is -0.980. The molecule has 0 atom stereocenters. The number of halogens is 5. The van der Waals surface area contributed by atoms with Gasteiger partial charge < -0.3 is 10.1 Å². The molecule has 0 saturated carbocycles. The summed E-state index contributed by atoms with van der Waals surface area (Å²) in [5, 5.41) is 2.24. The molecule has 0 bridgehead atoms. The van der Waals surface area contributed by atoms with Crippen molar-refractivity contribution in [2.75, 3.05) is 19.0 Å². The summed E-state index contributed by atoms with van der Waals surface area (Å²) >= 11 is 3.18. The number of anilines is 1. The van der Waals surface area contributed by atoms with E-state index in [-0.39, 0.29) is 5.69 Å². The lowest BCUT2D eigenvalue weighted by Gasteiger charge is -2.17. The number of ether oxygens (including phenoxy) is 1. The average Bonchev–Trinajstić information content (AvgIpc) is 2.28. The highest BCUT2D eigenvalue weighted by molar-refractivity contribution is 9.10. The number of alkyl halides is 4. The standard InChI is InChI=1S/C10H10BrF4NO/c1-17-8-4-6(2-3-7(8)11)16-5-10(14,15)9(12)13/h2-4,9,16H,5H2,1H3. The third kappa shape index (κ3) is 3.76. The summed E-state index contributed by atoms with van der Waals surface area (Å²) in [5.41, 5.74) is 0.283. The molecule has 0 aliphatic rings. The second-order valence-electron chi connectivity index (χ2n) is 3.26. The van der Waals surface area contributed by atoms with Gasteiger partial charge in [-0.15, -0.1) is 0 Å². The van der Waals surface area contributed by atoms with Crippen LogP contribution in [0.5, 0.6) is 5.75 Å². The van der Waals surface area contributed by atoms with Crippen LogP contribution in [0.2, 0.25) is 0 Å². The molecule has 1 aromatic rings. The van der Waals surface area contributed by atoms with Crippen molar-refractivity contribution in [1.29, 1.82) is 0 Å². The number of nitrogens with one attached hydrogen (secondary N) is 1. The van der Waals surface area contributed by atoms with Crippen LogP contribution in [0.1, 0.15) is 0 Å². The zero-order chi connectivity index (χ0) is 13.1. The molecule has 0 unspecified atom stereocenters. The molecule has 96 valence electrons. The summed E-state index contributed by atoms with van der Waals surface area (Å²) in [6.45, 7) is -1.13. The topological polar surface area (TPSA) is 21.3 Å². The van der Waals surface area contributed by atoms with E-state index in [1.165, 1.54) is 19.2 Å². The van der Waals surface area contributed by atoms with E-state index in [2.05, 4.69) is 21.2 Å². The minimum Gasteiger partial charge on any atom is -0.495 e. The van der Waals surface area contributed by atoms with Gasteiger partial charge in [0.05, 0.1) is 18.1 Å². The number of benzene rings is 1. The van der Waals surface area contributed by atoms with Crippen molar-refractivity contribution in [2.45, 2.75) is 12.3 Å². The maximum atomic E-state index is 12.6. The highest BCUT2D eigenvalue weighted by Gasteiger charge is 2.40. The van der Waals surface area contributed by atoms with E-state index in [0.29, 0.717) is 10.2 Å². The van der Waals surface area contributed by atoms with Crippen molar-refractivity contribution in [2.24, 2.45) is 0 Å². The molecular weight excluding hydrogens is 306 g/mol. The maximum absolute atomic E-state index is 12.6. The van der Waals surface area contributed by atoms with Gasteiger partial charge in [0.2, 0.25) is 0 Å². The van der Waals surface area contributed by atoms with Gasteiger partial charge in [0.15, 0.2) is 0 Å². The molecule has 1 N–H and O–H groups in total. The molecule has 0 amide bonds. The van der Waals surface area contributed by atoms with Crippen LogP contribution in [0.25, 0.3) is 0 Å². The zero-order valence-electron chi connectivity index (χ0n) is 8.81. The van der Waals surface area contributed by atoms with Crippen molar-refractivity contribution in [1.82, 2.24) is 0 Å². The van der Waals surface area contributed by atoms with E-state index < -0.39 is 18.9 Å². The molecule has 0 aromatic heterocycles. The van der Waals surface area contributed by atoms with Crippen LogP contribution >= 0.6 is 15.9 Å². The molecule has 0 aliphatic heterocycles. The van der Waals surface area contributed by atoms with Crippen molar-refractivity contribution >= 4 is 21.6 Å². The first-order chi connectivity index (χ1) is 7.86. The first kappa shape index (κ1) is 14.1. The fourth-order valence-electron chi connectivity index (χ4n) is 1.07. The van der Waals surface area contributed by atoms with Crippen molar-refractivity contribution < 1.29 is 22.3 Å². The van der Waals surface area contributed by atoms with Crippen LogP contribution < -0.4 is 10.1 Å². The van der Waals surface area contributed by atoms with Gasteiger partial charge in [-0.25, -0.2) is 8.78 Å². The van der Waals surface area contributed by atoms with Gasteiger partial charge in [0.25, 0.3) is 0 Å². The Morgan fingerprint density at radius 1 is 1.41 bits per heavy atom. The molecule has 0 saturated heterocycles. The molecule has 0 radical (unpaired) electrons. The van der Waals surface area contributed by atoms with Crippen molar-refractivity contribution in [3.05, 3.63) is 22.7 Å². The number of hydrogen-bond donors (Lipinski definition) is 1. The van der Waals surface area contributed by atoms with E-state index in [1.54, 1.807) is 6.07 Å². The molecule has 7 heteroatoms. The van der Waals surface area contributed by atoms with Crippen LogP contribution in [0.4, 0.5) is 23.2 Å². The van der Waals surface area contributed by atoms with E-state index in [1.807, 2.05) is 0 Å². The fourth-order valence-corrected chi connectivity index (χ4v) is 1.48. The van der Waals surface area contributed by atoms with E-state index in [0.717, 1.165) is 0 Å². The third-order valence-corrected chi connectivity index (χ3v) is 2.65. The van der Waals surface area contributed by atoms with Gasteiger partial charge in [-0.05, 0) is 28.1 Å². The van der Waals surface area contributed by atoms with Gasteiger partial charge >= 0.3 is 12.3 Å². The predicted molar refractivity (Wildman–Crippen MR) is 60.1 cm³/mol. The van der Waals surface area contributed by atoms with Crippen molar-refractivity contribution in [3.63, 3.8) is 0 Å². The lowest BCUT2D eigenvalue weighted by molar-refractivity contribution is -0.117. The largest absolute Gasteiger partial charge is 0.495 e. The Bertz CT molecular complexity index is 387. The molecule has 0 fully saturated rings. The van der Waals surface area contributed by atoms with E-state index in [9.17, 15) is 17.6 Å². The molecular formula is C10H10BrF4NO. The summed E-state index contributed by atoms with van der Waals surface area (Å²) < 4.78 is 54.7. The smallest absolute Gasteiger partial charge is 0.324 e. The van der Waals surface area contributed by atoms with E-state index in [4.69, 9.17) is 4.74 Å². The fraction of sp³-hybridized carbons (Fsp3) is 0.400. The molecule has 17 heavy (non-hydrogen) atoms. The minimum atomic E-state index is -4.06. The summed E-state index contributed by atoms with van der Waals surface area (Å²) in [6.07, 6.45) is -3.69. The second kappa shape index (κ2) is 5.57. The van der Waals surface area contributed by atoms with Crippen LogP contribution in [0, 0.1) is 0 Å². The van der Waals surface area contributed by atoms with E-state index >= 15 is 0 Å². The van der Waals surface area contributed by atoms with Gasteiger partial charge in [-0.1, -0.05) is 0 Å². The average molecular weight is 316 g/mol. The zero-order valence-corrected chi connectivity index (χ0v) is 10.4. The summed E-state index contributed by atoms with van der Waals surface area (Å²) in [6, 6.07) is 4.49. The monoisotopic (exact) mass is 315 g/mol. The summed E-state index contributed by atoms with van der Waals surface area (Å²) in [5.74, 6) is -3.63. The van der Waals surface area contributed by atoms with Crippen LogP contribution in [0.3, 0.4) is 0 Å². The molecule has 0 aliphatic carbocycles. The minimum absolute atomic E-state index is 0.283. The number of rotatable bonds is 5. The predicted octanol–water partition coefficient (Wildman–Crippen LogP) is 3.77. The molecule has 0 heterocycles. The Kier molecular flexibility index (Phi) is 4.62. The lowest BCUT2D eigenvalue weighted by Crippen LogP contribution is -2.34. The number of hydrogen-bond acceptors (Lipinski definition) is 2. The second-order valence-corrected chi connectivity index (χ2v) is 4.12. The first-order valence-electron chi connectivity index (χ1n) is 4.60. The molecule has 0 spiro atoms. The van der Waals surface area contributed by atoms with Crippen molar-refractivity contribution in [3.8, 4) is 5.75 Å². The Labute approximate surface area is 104 Å². The highest BCUT2D eigenvalue weighted by atomic mass is 79.9. The molecule has 1 rings (SSSR count). The van der Waals surface area contributed by atoms with Gasteiger partial charge in [-0.2, -0.15) is 8.78 Å². The van der Waals surface area contributed by atoms with Crippen LogP contribution in [0.15, 0.2) is 22.7 Å². The Balaban J connectivity index is 2.70. The first-order valence-corrected chi connectivity index (χ1v) is 5.39.